The van der Waals surface area contributed by atoms with Crippen LogP contribution in [-0.4, -0.2) is 57.2 Å². The molecule has 0 saturated heterocycles. The summed E-state index contributed by atoms with van der Waals surface area (Å²) in [5, 5.41) is 6.36. The topological polar surface area (TPSA) is 98.8 Å². The summed E-state index contributed by atoms with van der Waals surface area (Å²) in [5.74, 6) is -0.752. The molecule has 0 radical (unpaired) electrons. The maximum absolute atomic E-state index is 12.6. The van der Waals surface area contributed by atoms with Gasteiger partial charge in [0.05, 0.1) is 10.5 Å². The largest absolute Gasteiger partial charge is 0.313 e. The molecule has 0 fully saturated rings. The third-order valence-electron chi connectivity index (χ3n) is 4.11. The lowest BCUT2D eigenvalue weighted by Crippen LogP contribution is -2.36. The number of nitrogens with zero attached hydrogens (tertiary/aromatic N) is 2. The Bertz CT molecular complexity index is 953. The second-order valence-electron chi connectivity index (χ2n) is 6.66. The molecule has 0 unspecified atom stereocenters. The summed E-state index contributed by atoms with van der Waals surface area (Å²) in [6.07, 6.45) is 1.68. The van der Waals surface area contributed by atoms with E-state index in [2.05, 4.69) is 10.7 Å². The minimum Gasteiger partial charge on any atom is -0.313 e. The third kappa shape index (κ3) is 5.86. The van der Waals surface area contributed by atoms with Crippen molar-refractivity contribution in [2.75, 3.05) is 33.0 Å². The van der Waals surface area contributed by atoms with Crippen molar-refractivity contribution in [1.29, 1.82) is 0 Å². The van der Waals surface area contributed by atoms with Gasteiger partial charge in [-0.05, 0) is 42.1 Å². The van der Waals surface area contributed by atoms with Crippen molar-refractivity contribution in [1.82, 2.24) is 14.7 Å². The smallest absolute Gasteiger partial charge is 0.268 e. The minimum atomic E-state index is -3.59. The number of carbonyl (C=O) groups excluding carboxylic acids is 2. The Morgan fingerprint density at radius 3 is 2.28 bits per heavy atom. The van der Waals surface area contributed by atoms with Crippen molar-refractivity contribution in [2.45, 2.75) is 24.7 Å². The van der Waals surface area contributed by atoms with Crippen molar-refractivity contribution in [3.8, 4) is 0 Å². The summed E-state index contributed by atoms with van der Waals surface area (Å²) in [7, 11) is 1.34. The fraction of sp³-hybridized carbons (Fsp3) is 0.368. The molecule has 1 aromatic carbocycles. The summed E-state index contributed by atoms with van der Waals surface area (Å²) < 4.78 is 26.4. The second-order valence-corrected chi connectivity index (χ2v) is 9.62. The Balaban J connectivity index is 2.12. The van der Waals surface area contributed by atoms with Gasteiger partial charge in [0.1, 0.15) is 5.00 Å². The number of anilines is 1. The molecule has 2 N–H and O–H groups in total. The van der Waals surface area contributed by atoms with Crippen LogP contribution in [0.1, 0.15) is 40.5 Å². The quantitative estimate of drug-likeness (QED) is 0.587. The number of rotatable bonds is 9. The molecule has 0 aliphatic heterocycles. The van der Waals surface area contributed by atoms with Gasteiger partial charge < -0.3 is 5.32 Å². The second kappa shape index (κ2) is 9.97. The number of hydrogen-bond donors (Lipinski definition) is 2. The molecule has 29 heavy (non-hydrogen) atoms. The fourth-order valence-corrected chi connectivity index (χ4v) is 4.47. The molecular formula is C19H26N4O4S2. The van der Waals surface area contributed by atoms with Crippen LogP contribution in [0, 0.1) is 0 Å². The van der Waals surface area contributed by atoms with E-state index in [0.29, 0.717) is 22.7 Å². The number of nitrogens with one attached hydrogen (secondary N) is 2. The highest BCUT2D eigenvalue weighted by Crippen LogP contribution is 2.24. The molecule has 2 aromatic rings. The van der Waals surface area contributed by atoms with Gasteiger partial charge in [0.2, 0.25) is 10.0 Å². The molecule has 158 valence electrons. The lowest BCUT2D eigenvalue weighted by molar-refractivity contribution is 0.0858. The first-order chi connectivity index (χ1) is 13.7. The van der Waals surface area contributed by atoms with E-state index in [1.807, 2.05) is 6.92 Å². The number of unbranched alkanes of at least 4 members (excludes halogenated alkanes) is 1. The maximum Gasteiger partial charge on any atom is 0.268 e. The Morgan fingerprint density at radius 2 is 1.69 bits per heavy atom. The summed E-state index contributed by atoms with van der Waals surface area (Å²) in [6.45, 7) is 2.44. The van der Waals surface area contributed by atoms with E-state index in [0.717, 1.165) is 12.8 Å². The van der Waals surface area contributed by atoms with Crippen LogP contribution in [0.2, 0.25) is 0 Å². The van der Waals surface area contributed by atoms with Crippen molar-refractivity contribution in [3.63, 3.8) is 0 Å². The molecule has 0 saturated carbocycles. The van der Waals surface area contributed by atoms with Crippen molar-refractivity contribution >= 4 is 38.2 Å². The number of benzene rings is 1. The van der Waals surface area contributed by atoms with Gasteiger partial charge in [0, 0.05) is 33.3 Å². The molecule has 0 bridgehead atoms. The SMILES string of the molecule is CCCCN(C)S(=O)(=O)c1ccc(C(=O)Nc2sccc2C(=O)NN(C)C)cc1. The average molecular weight is 439 g/mol. The normalized spacial score (nSPS) is 11.7. The van der Waals surface area contributed by atoms with Crippen molar-refractivity contribution in [3.05, 3.63) is 46.8 Å². The summed E-state index contributed by atoms with van der Waals surface area (Å²) in [5.41, 5.74) is 3.28. The number of hydrogen-bond acceptors (Lipinski definition) is 6. The zero-order valence-corrected chi connectivity index (χ0v) is 18.6. The Hall–Kier alpha value is -2.27. The number of sulfonamides is 1. The predicted molar refractivity (Wildman–Crippen MR) is 115 cm³/mol. The van der Waals surface area contributed by atoms with Crippen LogP contribution in [0.5, 0.6) is 0 Å². The van der Waals surface area contributed by atoms with Crippen LogP contribution in [0.15, 0.2) is 40.6 Å². The lowest BCUT2D eigenvalue weighted by atomic mass is 10.2. The molecule has 10 heteroatoms. The van der Waals surface area contributed by atoms with Gasteiger partial charge in [-0.25, -0.2) is 17.7 Å². The Kier molecular flexibility index (Phi) is 7.91. The van der Waals surface area contributed by atoms with Gasteiger partial charge >= 0.3 is 0 Å². The van der Waals surface area contributed by atoms with Gasteiger partial charge in [-0.2, -0.15) is 0 Å². The van der Waals surface area contributed by atoms with Crippen molar-refractivity contribution in [2.24, 2.45) is 0 Å². The average Bonchev–Trinajstić information content (AvgIpc) is 3.13. The number of hydrazine groups is 1. The molecule has 0 spiro atoms. The van der Waals surface area contributed by atoms with Gasteiger partial charge in [-0.1, -0.05) is 13.3 Å². The number of carbonyl (C=O) groups is 2. The Labute approximate surface area is 175 Å². The van der Waals surface area contributed by atoms with Crippen LogP contribution in [0.4, 0.5) is 5.00 Å². The van der Waals surface area contributed by atoms with Gasteiger partial charge in [-0.3, -0.25) is 15.0 Å². The van der Waals surface area contributed by atoms with E-state index in [9.17, 15) is 18.0 Å². The summed E-state index contributed by atoms with van der Waals surface area (Å²) in [6, 6.07) is 7.38. The predicted octanol–water partition coefficient (Wildman–Crippen LogP) is 2.63. The van der Waals surface area contributed by atoms with Crippen LogP contribution in [0.3, 0.4) is 0 Å². The highest BCUT2D eigenvalue weighted by atomic mass is 32.2. The standard InChI is InChI=1S/C19H26N4O4S2/c1-5-6-12-23(4)29(26,27)15-9-7-14(8-10-15)17(24)20-19-16(11-13-28-19)18(25)21-22(2)3/h7-11,13H,5-6,12H2,1-4H3,(H,20,24)(H,21,25). The zero-order valence-electron chi connectivity index (χ0n) is 16.9. The molecular weight excluding hydrogens is 412 g/mol. The number of thiophene rings is 1. The monoisotopic (exact) mass is 438 g/mol. The van der Waals surface area contributed by atoms with E-state index in [4.69, 9.17) is 0 Å². The minimum absolute atomic E-state index is 0.134. The van der Waals surface area contributed by atoms with E-state index >= 15 is 0 Å². The van der Waals surface area contributed by atoms with Crippen LogP contribution < -0.4 is 10.7 Å². The zero-order chi connectivity index (χ0) is 21.6. The van der Waals surface area contributed by atoms with E-state index in [-0.39, 0.29) is 10.8 Å². The van der Waals surface area contributed by atoms with Crippen LogP contribution >= 0.6 is 11.3 Å². The summed E-state index contributed by atoms with van der Waals surface area (Å²) >= 11 is 1.23. The first-order valence-corrected chi connectivity index (χ1v) is 11.4. The van der Waals surface area contributed by atoms with Crippen molar-refractivity contribution < 1.29 is 18.0 Å². The maximum atomic E-state index is 12.6. The molecule has 1 aromatic heterocycles. The first-order valence-electron chi connectivity index (χ1n) is 9.10. The first kappa shape index (κ1) is 23.0. The molecule has 1 heterocycles. The molecule has 2 amide bonds. The Morgan fingerprint density at radius 1 is 1.03 bits per heavy atom. The van der Waals surface area contributed by atoms with Crippen LogP contribution in [0.25, 0.3) is 0 Å². The highest BCUT2D eigenvalue weighted by molar-refractivity contribution is 7.89. The van der Waals surface area contributed by atoms with E-state index < -0.39 is 15.9 Å². The molecule has 0 aliphatic carbocycles. The summed E-state index contributed by atoms with van der Waals surface area (Å²) in [4.78, 5) is 24.9. The number of amides is 2. The van der Waals surface area contributed by atoms with Gasteiger partial charge in [0.25, 0.3) is 11.8 Å². The van der Waals surface area contributed by atoms with Crippen LogP contribution in [-0.2, 0) is 10.0 Å². The van der Waals surface area contributed by atoms with Gasteiger partial charge in [-0.15, -0.1) is 11.3 Å². The highest BCUT2D eigenvalue weighted by Gasteiger charge is 2.21. The van der Waals surface area contributed by atoms with Gasteiger partial charge in [0.15, 0.2) is 0 Å². The fourth-order valence-electron chi connectivity index (χ4n) is 2.48. The lowest BCUT2D eigenvalue weighted by Gasteiger charge is -2.17. The molecule has 0 atom stereocenters. The van der Waals surface area contributed by atoms with E-state index in [1.165, 1.54) is 44.9 Å². The van der Waals surface area contributed by atoms with E-state index in [1.54, 1.807) is 32.6 Å². The third-order valence-corrected chi connectivity index (χ3v) is 6.81. The molecule has 2 rings (SSSR count). The molecule has 0 aliphatic rings. The molecule has 8 nitrogen and oxygen atoms in total.